The molecule has 0 atom stereocenters. The average Bonchev–Trinajstić information content (AvgIpc) is 2.42. The monoisotopic (exact) mass is 335 g/mol. The second kappa shape index (κ2) is 8.33. The Hall–Kier alpha value is -2.57. The second-order valence-corrected chi connectivity index (χ2v) is 6.61. The molecule has 0 fully saturated rings. The maximum absolute atomic E-state index is 12.0. The molecule has 0 bridgehead atoms. The third-order valence-corrected chi connectivity index (χ3v) is 2.65. The fourth-order valence-corrected chi connectivity index (χ4v) is 1.76. The van der Waals surface area contributed by atoms with Gasteiger partial charge in [-0.2, -0.15) is 0 Å². The molecule has 0 heterocycles. The normalized spacial score (nSPS) is 10.9. The number of ether oxygens (including phenoxy) is 1. The number of nitrogens with one attached hydrogen (secondary N) is 3. The van der Waals surface area contributed by atoms with Crippen molar-refractivity contribution in [3.05, 3.63) is 29.8 Å². The fourth-order valence-electron chi connectivity index (χ4n) is 1.76. The molecule has 1 rings (SSSR count). The van der Waals surface area contributed by atoms with Crippen molar-refractivity contribution in [2.45, 2.75) is 46.3 Å². The SMILES string of the molecule is CC(C)NC(=O)CNC(=O)c1ccc(NC(=O)OC(C)(C)C)cc1. The van der Waals surface area contributed by atoms with E-state index in [2.05, 4.69) is 16.0 Å². The summed E-state index contributed by atoms with van der Waals surface area (Å²) in [4.78, 5) is 35.1. The molecule has 0 radical (unpaired) electrons. The van der Waals surface area contributed by atoms with Gasteiger partial charge >= 0.3 is 6.09 Å². The zero-order valence-corrected chi connectivity index (χ0v) is 14.7. The molecule has 1 aromatic carbocycles. The van der Waals surface area contributed by atoms with E-state index in [1.807, 2.05) is 13.8 Å². The molecule has 0 spiro atoms. The van der Waals surface area contributed by atoms with Crippen LogP contribution >= 0.6 is 0 Å². The van der Waals surface area contributed by atoms with Crippen LogP contribution in [0.15, 0.2) is 24.3 Å². The summed E-state index contributed by atoms with van der Waals surface area (Å²) < 4.78 is 5.14. The molecule has 0 aliphatic heterocycles. The van der Waals surface area contributed by atoms with E-state index in [4.69, 9.17) is 4.74 Å². The predicted octanol–water partition coefficient (Wildman–Crippen LogP) is 2.29. The Morgan fingerprint density at radius 3 is 2.17 bits per heavy atom. The van der Waals surface area contributed by atoms with Crippen LogP contribution in [-0.2, 0) is 9.53 Å². The van der Waals surface area contributed by atoms with E-state index in [0.29, 0.717) is 11.3 Å². The molecule has 24 heavy (non-hydrogen) atoms. The second-order valence-electron chi connectivity index (χ2n) is 6.61. The first kappa shape index (κ1) is 19.5. The summed E-state index contributed by atoms with van der Waals surface area (Å²) in [5, 5.41) is 7.80. The highest BCUT2D eigenvalue weighted by atomic mass is 16.6. The van der Waals surface area contributed by atoms with Crippen molar-refractivity contribution >= 4 is 23.6 Å². The van der Waals surface area contributed by atoms with Crippen molar-refractivity contribution in [1.82, 2.24) is 10.6 Å². The number of carbonyl (C=O) groups excluding carboxylic acids is 3. The van der Waals surface area contributed by atoms with E-state index in [1.165, 1.54) is 0 Å². The van der Waals surface area contributed by atoms with Crippen LogP contribution in [0.25, 0.3) is 0 Å². The Morgan fingerprint density at radius 1 is 1.08 bits per heavy atom. The van der Waals surface area contributed by atoms with Gasteiger partial charge in [0.05, 0.1) is 6.54 Å². The van der Waals surface area contributed by atoms with Gasteiger partial charge in [-0.05, 0) is 58.9 Å². The highest BCUT2D eigenvalue weighted by Gasteiger charge is 2.16. The van der Waals surface area contributed by atoms with E-state index < -0.39 is 11.7 Å². The van der Waals surface area contributed by atoms with Gasteiger partial charge < -0.3 is 15.4 Å². The third-order valence-electron chi connectivity index (χ3n) is 2.65. The molecule has 0 aromatic heterocycles. The molecule has 3 amide bonds. The van der Waals surface area contributed by atoms with Crippen molar-refractivity contribution in [3.63, 3.8) is 0 Å². The maximum Gasteiger partial charge on any atom is 0.412 e. The molecule has 1 aromatic rings. The lowest BCUT2D eigenvalue weighted by Crippen LogP contribution is -2.39. The highest BCUT2D eigenvalue weighted by molar-refractivity contribution is 5.97. The van der Waals surface area contributed by atoms with Crippen molar-refractivity contribution in [3.8, 4) is 0 Å². The van der Waals surface area contributed by atoms with Crippen LogP contribution in [0.4, 0.5) is 10.5 Å². The van der Waals surface area contributed by atoms with Gasteiger partial charge in [-0.15, -0.1) is 0 Å². The molecule has 0 saturated heterocycles. The average molecular weight is 335 g/mol. The number of hydrogen-bond acceptors (Lipinski definition) is 4. The minimum absolute atomic E-state index is 0.0209. The Morgan fingerprint density at radius 2 is 1.67 bits per heavy atom. The molecular weight excluding hydrogens is 310 g/mol. The first-order valence-electron chi connectivity index (χ1n) is 7.74. The Balaban J connectivity index is 2.53. The summed E-state index contributed by atoms with van der Waals surface area (Å²) in [6.45, 7) is 8.92. The predicted molar refractivity (Wildman–Crippen MR) is 91.9 cm³/mol. The number of hydrogen-bond donors (Lipinski definition) is 3. The molecule has 7 nitrogen and oxygen atoms in total. The number of rotatable bonds is 5. The van der Waals surface area contributed by atoms with Crippen LogP contribution in [0.1, 0.15) is 45.0 Å². The quantitative estimate of drug-likeness (QED) is 0.769. The van der Waals surface area contributed by atoms with E-state index in [-0.39, 0.29) is 24.4 Å². The summed E-state index contributed by atoms with van der Waals surface area (Å²) >= 11 is 0. The molecule has 0 aliphatic carbocycles. The van der Waals surface area contributed by atoms with Crippen LogP contribution in [0, 0.1) is 0 Å². The molecule has 0 unspecified atom stereocenters. The van der Waals surface area contributed by atoms with Gasteiger partial charge in [-0.1, -0.05) is 0 Å². The van der Waals surface area contributed by atoms with E-state index in [0.717, 1.165) is 0 Å². The van der Waals surface area contributed by atoms with E-state index in [9.17, 15) is 14.4 Å². The fraction of sp³-hybridized carbons (Fsp3) is 0.471. The first-order chi connectivity index (χ1) is 11.1. The van der Waals surface area contributed by atoms with Crippen molar-refractivity contribution in [1.29, 1.82) is 0 Å². The van der Waals surface area contributed by atoms with Crippen LogP contribution in [0.2, 0.25) is 0 Å². The molecule has 0 saturated carbocycles. The minimum Gasteiger partial charge on any atom is -0.444 e. The Labute approximate surface area is 142 Å². The Bertz CT molecular complexity index is 589. The molecule has 132 valence electrons. The number of amides is 3. The Kier molecular flexibility index (Phi) is 6.76. The van der Waals surface area contributed by atoms with Crippen molar-refractivity contribution < 1.29 is 19.1 Å². The van der Waals surface area contributed by atoms with Gasteiger partial charge in [0.1, 0.15) is 5.60 Å². The summed E-state index contributed by atoms with van der Waals surface area (Å²) in [5.74, 6) is -0.612. The highest BCUT2D eigenvalue weighted by Crippen LogP contribution is 2.13. The third kappa shape index (κ3) is 7.62. The van der Waals surface area contributed by atoms with Crippen LogP contribution < -0.4 is 16.0 Å². The standard InChI is InChI=1S/C17H25N3O4/c1-11(2)19-14(21)10-18-15(22)12-6-8-13(9-7-12)20-16(23)24-17(3,4)5/h6-9,11H,10H2,1-5H3,(H,18,22)(H,19,21)(H,20,23). The number of carbonyl (C=O) groups is 3. The first-order valence-corrected chi connectivity index (χ1v) is 7.74. The summed E-state index contributed by atoms with van der Waals surface area (Å²) in [6.07, 6.45) is -0.565. The largest absolute Gasteiger partial charge is 0.444 e. The van der Waals surface area contributed by atoms with Crippen molar-refractivity contribution in [2.24, 2.45) is 0 Å². The van der Waals surface area contributed by atoms with Crippen LogP contribution in [0.3, 0.4) is 0 Å². The molecule has 0 aliphatic rings. The molecule has 7 heteroatoms. The van der Waals surface area contributed by atoms with Crippen molar-refractivity contribution in [2.75, 3.05) is 11.9 Å². The number of anilines is 1. The zero-order chi connectivity index (χ0) is 18.3. The lowest BCUT2D eigenvalue weighted by molar-refractivity contribution is -0.120. The lowest BCUT2D eigenvalue weighted by atomic mass is 10.2. The van der Waals surface area contributed by atoms with Gasteiger partial charge in [-0.25, -0.2) is 4.79 Å². The minimum atomic E-state index is -0.583. The molecule has 3 N–H and O–H groups in total. The van der Waals surface area contributed by atoms with E-state index in [1.54, 1.807) is 45.0 Å². The van der Waals surface area contributed by atoms with Gasteiger partial charge in [0.25, 0.3) is 5.91 Å². The molecular formula is C17H25N3O4. The topological polar surface area (TPSA) is 96.5 Å². The van der Waals surface area contributed by atoms with E-state index >= 15 is 0 Å². The van der Waals surface area contributed by atoms with Gasteiger partial charge in [0.15, 0.2) is 0 Å². The summed E-state index contributed by atoms with van der Waals surface area (Å²) in [7, 11) is 0. The van der Waals surface area contributed by atoms with Crippen LogP contribution in [-0.4, -0.2) is 36.1 Å². The van der Waals surface area contributed by atoms with Gasteiger partial charge in [0, 0.05) is 17.3 Å². The van der Waals surface area contributed by atoms with Gasteiger partial charge in [0.2, 0.25) is 5.91 Å². The zero-order valence-electron chi connectivity index (χ0n) is 14.7. The lowest BCUT2D eigenvalue weighted by Gasteiger charge is -2.19. The van der Waals surface area contributed by atoms with Gasteiger partial charge in [-0.3, -0.25) is 14.9 Å². The number of benzene rings is 1. The smallest absolute Gasteiger partial charge is 0.412 e. The van der Waals surface area contributed by atoms with Crippen LogP contribution in [0.5, 0.6) is 0 Å². The summed E-state index contributed by atoms with van der Waals surface area (Å²) in [6, 6.07) is 6.32. The maximum atomic E-state index is 12.0. The summed E-state index contributed by atoms with van der Waals surface area (Å²) in [5.41, 5.74) is 0.320.